The second kappa shape index (κ2) is 4.03. The van der Waals surface area contributed by atoms with Crippen molar-refractivity contribution >= 4 is 11.6 Å². The van der Waals surface area contributed by atoms with E-state index in [2.05, 4.69) is 23.9 Å². The summed E-state index contributed by atoms with van der Waals surface area (Å²) in [6.07, 6.45) is 3.61. The first-order valence-corrected chi connectivity index (χ1v) is 5.22. The molecule has 2 aromatic heterocycles. The Morgan fingerprint density at radius 2 is 2.13 bits per heavy atom. The molecular formula is C11H12ClN3. The highest BCUT2D eigenvalue weighted by atomic mass is 35.5. The zero-order valence-electron chi connectivity index (χ0n) is 8.68. The molecule has 0 bridgehead atoms. The van der Waals surface area contributed by atoms with Crippen LogP contribution in [-0.2, 0) is 0 Å². The normalized spacial score (nSPS) is 10.9. The molecular weight excluding hydrogens is 210 g/mol. The van der Waals surface area contributed by atoms with Crippen LogP contribution in [0, 0.1) is 0 Å². The first-order chi connectivity index (χ1) is 7.16. The molecule has 0 aromatic carbocycles. The lowest BCUT2D eigenvalue weighted by Crippen LogP contribution is -1.97. The van der Waals surface area contributed by atoms with Crippen molar-refractivity contribution in [1.82, 2.24) is 14.8 Å². The molecule has 2 heterocycles. The molecule has 0 aliphatic carbocycles. The van der Waals surface area contributed by atoms with E-state index in [1.165, 1.54) is 0 Å². The maximum Gasteiger partial charge on any atom is 0.131 e. The van der Waals surface area contributed by atoms with Crippen molar-refractivity contribution < 1.29 is 0 Å². The Balaban J connectivity index is 2.37. The summed E-state index contributed by atoms with van der Waals surface area (Å²) in [6, 6.07) is 5.68. The Morgan fingerprint density at radius 3 is 2.73 bits per heavy atom. The monoisotopic (exact) mass is 221 g/mol. The minimum Gasteiger partial charge on any atom is -0.244 e. The van der Waals surface area contributed by atoms with Crippen molar-refractivity contribution in [2.24, 2.45) is 0 Å². The van der Waals surface area contributed by atoms with Crippen LogP contribution in [0.15, 0.2) is 30.6 Å². The largest absolute Gasteiger partial charge is 0.244 e. The fraction of sp³-hybridized carbons (Fsp3) is 0.273. The van der Waals surface area contributed by atoms with E-state index in [-0.39, 0.29) is 0 Å². The molecule has 2 aromatic rings. The zero-order chi connectivity index (χ0) is 10.8. The van der Waals surface area contributed by atoms with E-state index < -0.39 is 0 Å². The quantitative estimate of drug-likeness (QED) is 0.730. The Morgan fingerprint density at radius 1 is 1.33 bits per heavy atom. The number of hydrogen-bond donors (Lipinski definition) is 0. The van der Waals surface area contributed by atoms with Crippen LogP contribution in [-0.4, -0.2) is 14.8 Å². The van der Waals surface area contributed by atoms with E-state index in [1.807, 2.05) is 23.0 Å². The van der Waals surface area contributed by atoms with E-state index in [0.717, 1.165) is 11.4 Å². The van der Waals surface area contributed by atoms with Gasteiger partial charge in [-0.2, -0.15) is 5.10 Å². The third-order valence-corrected chi connectivity index (χ3v) is 2.38. The van der Waals surface area contributed by atoms with Gasteiger partial charge >= 0.3 is 0 Å². The summed E-state index contributed by atoms with van der Waals surface area (Å²) in [5, 5.41) is 4.93. The van der Waals surface area contributed by atoms with Gasteiger partial charge in [0.25, 0.3) is 0 Å². The van der Waals surface area contributed by atoms with Crippen molar-refractivity contribution in [1.29, 1.82) is 0 Å². The number of nitrogens with zero attached hydrogens (tertiary/aromatic N) is 3. The smallest absolute Gasteiger partial charge is 0.131 e. The fourth-order valence-corrected chi connectivity index (χ4v) is 1.49. The maximum atomic E-state index is 5.81. The number of aromatic nitrogens is 3. The lowest BCUT2D eigenvalue weighted by atomic mass is 10.1. The Bertz CT molecular complexity index is 462. The second-order valence-corrected chi connectivity index (χ2v) is 4.06. The van der Waals surface area contributed by atoms with Crippen LogP contribution in [0.5, 0.6) is 0 Å². The van der Waals surface area contributed by atoms with Gasteiger partial charge < -0.3 is 0 Å². The highest BCUT2D eigenvalue weighted by Gasteiger charge is 2.04. The van der Waals surface area contributed by atoms with Gasteiger partial charge in [0, 0.05) is 18.5 Å². The molecule has 0 amide bonds. The summed E-state index contributed by atoms with van der Waals surface area (Å²) < 4.78 is 1.81. The van der Waals surface area contributed by atoms with E-state index in [9.17, 15) is 0 Å². The van der Waals surface area contributed by atoms with Gasteiger partial charge in [-0.15, -0.1) is 0 Å². The Hall–Kier alpha value is -1.35. The molecule has 0 spiro atoms. The van der Waals surface area contributed by atoms with Crippen LogP contribution in [0.25, 0.3) is 5.69 Å². The fourth-order valence-electron chi connectivity index (χ4n) is 1.32. The molecule has 0 aliphatic heterocycles. The molecule has 0 fully saturated rings. The standard InChI is InChI=1S/C11H12ClN3/c1-8(2)10-4-6-15(14-10)9-3-5-13-11(12)7-9/h3-8H,1-2H3. The second-order valence-electron chi connectivity index (χ2n) is 3.68. The Labute approximate surface area is 93.7 Å². The molecule has 0 saturated carbocycles. The minimum absolute atomic E-state index is 0.434. The molecule has 3 nitrogen and oxygen atoms in total. The summed E-state index contributed by atoms with van der Waals surface area (Å²) in [5.74, 6) is 0.434. The Kier molecular flexibility index (Phi) is 2.73. The maximum absolute atomic E-state index is 5.81. The van der Waals surface area contributed by atoms with Crippen LogP contribution < -0.4 is 0 Å². The van der Waals surface area contributed by atoms with E-state index in [4.69, 9.17) is 11.6 Å². The SMILES string of the molecule is CC(C)c1ccn(-c2ccnc(Cl)c2)n1. The molecule has 0 radical (unpaired) electrons. The highest BCUT2D eigenvalue weighted by molar-refractivity contribution is 6.29. The van der Waals surface area contributed by atoms with Crippen LogP contribution in [0.2, 0.25) is 5.15 Å². The van der Waals surface area contributed by atoms with Crippen molar-refractivity contribution in [2.45, 2.75) is 19.8 Å². The van der Waals surface area contributed by atoms with E-state index in [1.54, 1.807) is 12.3 Å². The van der Waals surface area contributed by atoms with E-state index >= 15 is 0 Å². The van der Waals surface area contributed by atoms with Gasteiger partial charge in [-0.3, -0.25) is 0 Å². The molecule has 0 saturated heterocycles. The molecule has 0 unspecified atom stereocenters. The molecule has 0 N–H and O–H groups in total. The van der Waals surface area contributed by atoms with Crippen LogP contribution in [0.4, 0.5) is 0 Å². The summed E-state index contributed by atoms with van der Waals surface area (Å²) in [6.45, 7) is 4.23. The summed E-state index contributed by atoms with van der Waals surface area (Å²) in [7, 11) is 0. The lowest BCUT2D eigenvalue weighted by molar-refractivity contribution is 0.768. The van der Waals surface area contributed by atoms with Gasteiger partial charge in [-0.1, -0.05) is 25.4 Å². The minimum atomic E-state index is 0.434. The lowest BCUT2D eigenvalue weighted by Gasteiger charge is -2.01. The molecule has 15 heavy (non-hydrogen) atoms. The molecule has 4 heteroatoms. The van der Waals surface area contributed by atoms with Gasteiger partial charge in [0.2, 0.25) is 0 Å². The van der Waals surface area contributed by atoms with Gasteiger partial charge in [-0.05, 0) is 18.1 Å². The van der Waals surface area contributed by atoms with Gasteiger partial charge in [0.15, 0.2) is 0 Å². The zero-order valence-corrected chi connectivity index (χ0v) is 9.44. The van der Waals surface area contributed by atoms with Gasteiger partial charge in [0.05, 0.1) is 11.4 Å². The highest BCUT2D eigenvalue weighted by Crippen LogP contribution is 2.15. The van der Waals surface area contributed by atoms with Crippen molar-refractivity contribution in [3.05, 3.63) is 41.4 Å². The van der Waals surface area contributed by atoms with Crippen LogP contribution >= 0.6 is 11.6 Å². The molecule has 0 atom stereocenters. The van der Waals surface area contributed by atoms with E-state index in [0.29, 0.717) is 11.1 Å². The summed E-state index contributed by atoms with van der Waals surface area (Å²) >= 11 is 5.81. The van der Waals surface area contributed by atoms with Crippen molar-refractivity contribution in [3.8, 4) is 5.69 Å². The number of rotatable bonds is 2. The third-order valence-electron chi connectivity index (χ3n) is 2.18. The van der Waals surface area contributed by atoms with Gasteiger partial charge in [0.1, 0.15) is 5.15 Å². The third kappa shape index (κ3) is 2.18. The van der Waals surface area contributed by atoms with Crippen molar-refractivity contribution in [3.63, 3.8) is 0 Å². The molecule has 78 valence electrons. The average Bonchev–Trinajstić information content (AvgIpc) is 2.66. The van der Waals surface area contributed by atoms with Crippen molar-refractivity contribution in [2.75, 3.05) is 0 Å². The average molecular weight is 222 g/mol. The first-order valence-electron chi connectivity index (χ1n) is 4.84. The van der Waals surface area contributed by atoms with Gasteiger partial charge in [-0.25, -0.2) is 9.67 Å². The van der Waals surface area contributed by atoms with Crippen LogP contribution in [0.3, 0.4) is 0 Å². The topological polar surface area (TPSA) is 30.7 Å². The molecule has 2 rings (SSSR count). The van der Waals surface area contributed by atoms with Crippen LogP contribution in [0.1, 0.15) is 25.5 Å². The predicted molar refractivity (Wildman–Crippen MR) is 60.5 cm³/mol. The molecule has 0 aliphatic rings. The first kappa shape index (κ1) is 10.2. The predicted octanol–water partition coefficient (Wildman–Crippen LogP) is 3.04. The summed E-state index contributed by atoms with van der Waals surface area (Å²) in [5.41, 5.74) is 2.00. The summed E-state index contributed by atoms with van der Waals surface area (Å²) in [4.78, 5) is 3.93. The number of pyridine rings is 1. The number of hydrogen-bond acceptors (Lipinski definition) is 2. The number of halogens is 1.